The van der Waals surface area contributed by atoms with Crippen molar-refractivity contribution in [3.8, 4) is 0 Å². The molecular weight excluding hydrogens is 380 g/mol. The van der Waals surface area contributed by atoms with Crippen molar-refractivity contribution in [1.29, 1.82) is 0 Å². The maximum Gasteiger partial charge on any atom is 0.254 e. The maximum atomic E-state index is 12.8. The molecule has 0 fully saturated rings. The largest absolute Gasteiger partial charge is 0.356 e. The van der Waals surface area contributed by atoms with Crippen LogP contribution < -0.4 is 16.0 Å². The fourth-order valence-corrected chi connectivity index (χ4v) is 4.45. The summed E-state index contributed by atoms with van der Waals surface area (Å²) in [6.45, 7) is 0. The molecule has 1 aliphatic heterocycles. The fourth-order valence-electron chi connectivity index (χ4n) is 4.45. The standard InChI is InChI=1S/C23H22N4O3/c28-20(12-19-23(30)26-17-10-4-2-7-15(17)22(29)27-19)24-18-11-5-8-14-13-6-1-3-9-16(13)25-21(14)18/h1-4,6-7,9-10,18-19,25H,5,8,11-12H2,(H,24,28)(H,26,30)(H,27,29)/t18-,19-/m0/s1. The summed E-state index contributed by atoms with van der Waals surface area (Å²) >= 11 is 0. The molecule has 0 spiro atoms. The van der Waals surface area contributed by atoms with Crippen LogP contribution in [0, 0.1) is 0 Å². The molecule has 0 saturated heterocycles. The van der Waals surface area contributed by atoms with E-state index in [4.69, 9.17) is 0 Å². The zero-order valence-electron chi connectivity index (χ0n) is 16.3. The van der Waals surface area contributed by atoms with Crippen LogP contribution in [0.15, 0.2) is 48.5 Å². The Morgan fingerprint density at radius 1 is 1.07 bits per heavy atom. The van der Waals surface area contributed by atoms with Crippen molar-refractivity contribution < 1.29 is 14.4 Å². The molecule has 0 bridgehead atoms. The molecule has 2 heterocycles. The second-order valence-corrected chi connectivity index (χ2v) is 7.84. The number of benzene rings is 2. The molecule has 0 radical (unpaired) electrons. The lowest BCUT2D eigenvalue weighted by Gasteiger charge is -2.24. The molecule has 2 aromatic carbocycles. The molecule has 5 rings (SSSR count). The Kier molecular flexibility index (Phi) is 4.50. The Balaban J connectivity index is 1.32. The highest BCUT2D eigenvalue weighted by Gasteiger charge is 2.31. The molecule has 7 heteroatoms. The van der Waals surface area contributed by atoms with E-state index in [1.807, 2.05) is 18.2 Å². The number of hydrogen-bond acceptors (Lipinski definition) is 3. The van der Waals surface area contributed by atoms with Crippen molar-refractivity contribution >= 4 is 34.3 Å². The van der Waals surface area contributed by atoms with Crippen LogP contribution in [0.1, 0.15) is 46.9 Å². The van der Waals surface area contributed by atoms with E-state index in [0.29, 0.717) is 11.3 Å². The van der Waals surface area contributed by atoms with Crippen molar-refractivity contribution in [1.82, 2.24) is 15.6 Å². The second kappa shape index (κ2) is 7.33. The van der Waals surface area contributed by atoms with E-state index in [0.717, 1.165) is 30.5 Å². The van der Waals surface area contributed by atoms with Crippen LogP contribution in [0.2, 0.25) is 0 Å². The van der Waals surface area contributed by atoms with Gasteiger partial charge in [-0.2, -0.15) is 0 Å². The molecule has 0 saturated carbocycles. The number of H-pyrrole nitrogens is 1. The van der Waals surface area contributed by atoms with Crippen LogP contribution in [-0.4, -0.2) is 28.7 Å². The van der Waals surface area contributed by atoms with Crippen molar-refractivity contribution in [2.75, 3.05) is 5.32 Å². The number of anilines is 1. The highest BCUT2D eigenvalue weighted by Crippen LogP contribution is 2.34. The lowest BCUT2D eigenvalue weighted by atomic mass is 9.91. The number of hydrogen-bond donors (Lipinski definition) is 4. The predicted molar refractivity (Wildman–Crippen MR) is 113 cm³/mol. The summed E-state index contributed by atoms with van der Waals surface area (Å²) < 4.78 is 0. The zero-order chi connectivity index (χ0) is 20.7. The summed E-state index contributed by atoms with van der Waals surface area (Å²) in [7, 11) is 0. The van der Waals surface area contributed by atoms with Crippen molar-refractivity contribution in [2.45, 2.75) is 37.8 Å². The number of nitrogens with one attached hydrogen (secondary N) is 4. The van der Waals surface area contributed by atoms with E-state index in [-0.39, 0.29) is 24.3 Å². The Morgan fingerprint density at radius 2 is 1.87 bits per heavy atom. The van der Waals surface area contributed by atoms with E-state index in [9.17, 15) is 14.4 Å². The number of carbonyl (C=O) groups excluding carboxylic acids is 3. The number of rotatable bonds is 3. The third-order valence-electron chi connectivity index (χ3n) is 5.89. The van der Waals surface area contributed by atoms with Crippen LogP contribution in [0.3, 0.4) is 0 Å². The third-order valence-corrected chi connectivity index (χ3v) is 5.89. The average molecular weight is 402 g/mol. The smallest absolute Gasteiger partial charge is 0.254 e. The van der Waals surface area contributed by atoms with E-state index >= 15 is 0 Å². The van der Waals surface area contributed by atoms with E-state index in [1.54, 1.807) is 24.3 Å². The molecule has 2 atom stereocenters. The molecule has 0 unspecified atom stereocenters. The van der Waals surface area contributed by atoms with Gasteiger partial charge in [-0.25, -0.2) is 0 Å². The molecular formula is C23H22N4O3. The molecule has 30 heavy (non-hydrogen) atoms. The van der Waals surface area contributed by atoms with Gasteiger partial charge >= 0.3 is 0 Å². The van der Waals surface area contributed by atoms with Crippen LogP contribution in [0.4, 0.5) is 5.69 Å². The first-order valence-electron chi connectivity index (χ1n) is 10.2. The second-order valence-electron chi connectivity index (χ2n) is 7.84. The summed E-state index contributed by atoms with van der Waals surface area (Å²) in [5.41, 5.74) is 4.20. The van der Waals surface area contributed by atoms with Gasteiger partial charge in [-0.15, -0.1) is 0 Å². The third kappa shape index (κ3) is 3.22. The minimum atomic E-state index is -0.921. The molecule has 1 aromatic heterocycles. The first-order chi connectivity index (χ1) is 14.6. The van der Waals surface area contributed by atoms with Crippen LogP contribution in [0.5, 0.6) is 0 Å². The Morgan fingerprint density at radius 3 is 2.77 bits per heavy atom. The molecule has 1 aliphatic carbocycles. The summed E-state index contributed by atoms with van der Waals surface area (Å²) in [5, 5.41) is 9.66. The van der Waals surface area contributed by atoms with Gasteiger partial charge in [0, 0.05) is 16.6 Å². The van der Waals surface area contributed by atoms with Gasteiger partial charge in [-0.05, 0) is 43.0 Å². The zero-order valence-corrected chi connectivity index (χ0v) is 16.3. The molecule has 2 aliphatic rings. The number of aromatic nitrogens is 1. The number of carbonyl (C=O) groups is 3. The topological polar surface area (TPSA) is 103 Å². The highest BCUT2D eigenvalue weighted by atomic mass is 16.2. The predicted octanol–water partition coefficient (Wildman–Crippen LogP) is 2.80. The van der Waals surface area contributed by atoms with Crippen molar-refractivity contribution in [3.05, 3.63) is 65.4 Å². The van der Waals surface area contributed by atoms with Crippen LogP contribution >= 0.6 is 0 Å². The van der Waals surface area contributed by atoms with Gasteiger partial charge < -0.3 is 20.9 Å². The van der Waals surface area contributed by atoms with E-state index in [1.165, 1.54) is 10.9 Å². The molecule has 7 nitrogen and oxygen atoms in total. The highest BCUT2D eigenvalue weighted by molar-refractivity contribution is 6.10. The average Bonchev–Trinajstić information content (AvgIpc) is 3.08. The van der Waals surface area contributed by atoms with Gasteiger partial charge in [-0.3, -0.25) is 14.4 Å². The van der Waals surface area contributed by atoms with Gasteiger partial charge in [0.1, 0.15) is 6.04 Å². The Labute approximate surface area is 173 Å². The lowest BCUT2D eigenvalue weighted by Crippen LogP contribution is -2.45. The van der Waals surface area contributed by atoms with Gasteiger partial charge in [0.25, 0.3) is 5.91 Å². The SMILES string of the molecule is O=C(C[C@@H]1NC(=O)c2ccccc2NC1=O)N[C@H]1CCCc2c1[nH]c1ccccc21. The summed E-state index contributed by atoms with van der Waals surface area (Å²) in [5.74, 6) is -1.02. The maximum absolute atomic E-state index is 12.8. The number of fused-ring (bicyclic) bond motifs is 4. The van der Waals surface area contributed by atoms with Gasteiger partial charge in [0.2, 0.25) is 11.8 Å². The number of aromatic amines is 1. The van der Waals surface area contributed by atoms with Crippen molar-refractivity contribution in [2.24, 2.45) is 0 Å². The minimum Gasteiger partial charge on any atom is -0.356 e. The molecule has 152 valence electrons. The van der Waals surface area contributed by atoms with Gasteiger partial charge in [-0.1, -0.05) is 30.3 Å². The van der Waals surface area contributed by atoms with Crippen LogP contribution in [-0.2, 0) is 16.0 Å². The normalized spacial score (nSPS) is 20.5. The van der Waals surface area contributed by atoms with E-state index < -0.39 is 11.9 Å². The fraction of sp³-hybridized carbons (Fsp3) is 0.261. The summed E-state index contributed by atoms with van der Waals surface area (Å²) in [6.07, 6.45) is 2.68. The lowest BCUT2D eigenvalue weighted by molar-refractivity contribution is -0.126. The Hall–Kier alpha value is -3.61. The van der Waals surface area contributed by atoms with Crippen molar-refractivity contribution in [3.63, 3.8) is 0 Å². The van der Waals surface area contributed by atoms with Gasteiger partial charge in [0.05, 0.1) is 23.7 Å². The van der Waals surface area contributed by atoms with E-state index in [2.05, 4.69) is 27.0 Å². The minimum absolute atomic E-state index is 0.113. The number of amides is 3. The summed E-state index contributed by atoms with van der Waals surface area (Å²) in [4.78, 5) is 41.2. The first kappa shape index (κ1) is 18.4. The first-order valence-corrected chi connectivity index (χ1v) is 10.2. The Bertz CT molecular complexity index is 1170. The number of para-hydroxylation sites is 2. The molecule has 3 amide bonds. The molecule has 3 aromatic rings. The molecule has 4 N–H and O–H groups in total. The van der Waals surface area contributed by atoms with Crippen LogP contribution in [0.25, 0.3) is 10.9 Å². The quantitative estimate of drug-likeness (QED) is 0.542. The monoisotopic (exact) mass is 402 g/mol. The summed E-state index contributed by atoms with van der Waals surface area (Å²) in [6, 6.07) is 13.9. The number of aryl methyl sites for hydroxylation is 1. The van der Waals surface area contributed by atoms with Gasteiger partial charge in [0.15, 0.2) is 0 Å².